The van der Waals surface area contributed by atoms with E-state index in [0.29, 0.717) is 18.5 Å². The fourth-order valence-electron chi connectivity index (χ4n) is 2.06. The lowest BCUT2D eigenvalue weighted by molar-refractivity contribution is 0.141. The minimum absolute atomic E-state index is 0.194. The lowest BCUT2D eigenvalue weighted by Crippen LogP contribution is -2.04. The highest BCUT2D eigenvalue weighted by atomic mass is 19.1. The van der Waals surface area contributed by atoms with Gasteiger partial charge in [-0.3, -0.25) is 0 Å². The third-order valence-corrected chi connectivity index (χ3v) is 2.80. The Labute approximate surface area is 93.6 Å². The van der Waals surface area contributed by atoms with Crippen LogP contribution in [0.4, 0.5) is 4.39 Å². The molecule has 0 saturated carbocycles. The van der Waals surface area contributed by atoms with Gasteiger partial charge < -0.3 is 9.40 Å². The molecule has 0 atom stereocenters. The molecule has 0 aliphatic carbocycles. The number of nitrogens with zero attached hydrogens (tertiary/aromatic N) is 1. The van der Waals surface area contributed by atoms with Crippen LogP contribution in [0.25, 0.3) is 10.9 Å². The van der Waals surface area contributed by atoms with Gasteiger partial charge in [-0.25, -0.2) is 10.3 Å². The van der Waals surface area contributed by atoms with Crippen LogP contribution in [-0.4, -0.2) is 11.2 Å². The molecule has 0 spiro atoms. The Balaban J connectivity index is 2.53. The molecule has 1 aromatic heterocycles. The molecule has 0 bridgehead atoms. The molecule has 2 aromatic rings. The molecule has 0 fully saturated rings. The lowest BCUT2D eigenvalue weighted by atomic mass is 10.1. The molecule has 3 nitrogen and oxygen atoms in total. The smallest absolute Gasteiger partial charge is 0.147 e. The van der Waals surface area contributed by atoms with Crippen molar-refractivity contribution in [2.75, 3.05) is 6.61 Å². The van der Waals surface area contributed by atoms with Crippen LogP contribution < -0.4 is 5.90 Å². The monoisotopic (exact) mass is 222 g/mol. The van der Waals surface area contributed by atoms with E-state index in [1.807, 2.05) is 30.8 Å². The number of rotatable bonds is 3. The Kier molecular flexibility index (Phi) is 2.94. The maximum Gasteiger partial charge on any atom is 0.147 e. The molecule has 0 aliphatic heterocycles. The van der Waals surface area contributed by atoms with E-state index in [4.69, 9.17) is 5.90 Å². The van der Waals surface area contributed by atoms with Gasteiger partial charge in [-0.05, 0) is 36.6 Å². The largest absolute Gasteiger partial charge is 0.348 e. The maximum atomic E-state index is 13.9. The Morgan fingerprint density at radius 3 is 2.88 bits per heavy atom. The number of aromatic nitrogens is 1. The van der Waals surface area contributed by atoms with E-state index in [1.54, 1.807) is 6.07 Å². The van der Waals surface area contributed by atoms with Gasteiger partial charge in [0, 0.05) is 18.6 Å². The SMILES string of the molecule is Cc1cn(C)c2c(F)cc(CCON)cc12. The van der Waals surface area contributed by atoms with Crippen molar-refractivity contribution in [1.29, 1.82) is 0 Å². The number of halogens is 1. The van der Waals surface area contributed by atoms with E-state index in [9.17, 15) is 4.39 Å². The first-order valence-corrected chi connectivity index (χ1v) is 5.19. The highest BCUT2D eigenvalue weighted by Crippen LogP contribution is 2.24. The highest BCUT2D eigenvalue weighted by Gasteiger charge is 2.09. The van der Waals surface area contributed by atoms with Crippen molar-refractivity contribution < 1.29 is 9.23 Å². The molecular formula is C12H15FN2O. The third-order valence-electron chi connectivity index (χ3n) is 2.80. The molecule has 0 radical (unpaired) electrons. The molecule has 0 saturated heterocycles. The topological polar surface area (TPSA) is 40.2 Å². The first-order valence-electron chi connectivity index (χ1n) is 5.19. The summed E-state index contributed by atoms with van der Waals surface area (Å²) in [5, 5.41) is 0.953. The maximum absolute atomic E-state index is 13.9. The summed E-state index contributed by atoms with van der Waals surface area (Å²) in [5.41, 5.74) is 2.63. The van der Waals surface area contributed by atoms with E-state index in [-0.39, 0.29) is 5.82 Å². The van der Waals surface area contributed by atoms with Crippen LogP contribution in [0.2, 0.25) is 0 Å². The van der Waals surface area contributed by atoms with Gasteiger partial charge in [0.1, 0.15) is 5.82 Å². The first kappa shape index (κ1) is 11.1. The zero-order chi connectivity index (χ0) is 11.7. The van der Waals surface area contributed by atoms with Gasteiger partial charge in [-0.2, -0.15) is 0 Å². The average molecular weight is 222 g/mol. The molecule has 16 heavy (non-hydrogen) atoms. The first-order chi connectivity index (χ1) is 7.63. The lowest BCUT2D eigenvalue weighted by Gasteiger charge is -2.04. The molecule has 1 heterocycles. The second-order valence-corrected chi connectivity index (χ2v) is 4.02. The van der Waals surface area contributed by atoms with E-state index in [1.165, 1.54) is 0 Å². The molecule has 4 heteroatoms. The van der Waals surface area contributed by atoms with Crippen molar-refractivity contribution in [3.8, 4) is 0 Å². The Hall–Kier alpha value is -1.39. The molecule has 2 N–H and O–H groups in total. The molecule has 1 aromatic carbocycles. The summed E-state index contributed by atoms with van der Waals surface area (Å²) in [7, 11) is 1.85. The zero-order valence-electron chi connectivity index (χ0n) is 9.46. The summed E-state index contributed by atoms with van der Waals surface area (Å²) < 4.78 is 15.7. The standard InChI is InChI=1S/C12H15FN2O/c1-8-7-15(2)12-10(8)5-9(3-4-16-14)6-11(12)13/h5-7H,3-4,14H2,1-2H3. The number of benzene rings is 1. The van der Waals surface area contributed by atoms with Gasteiger partial charge in [0.15, 0.2) is 0 Å². The summed E-state index contributed by atoms with van der Waals surface area (Å²) in [4.78, 5) is 4.51. The van der Waals surface area contributed by atoms with Crippen molar-refractivity contribution in [3.63, 3.8) is 0 Å². The molecule has 0 aliphatic rings. The van der Waals surface area contributed by atoms with Crippen LogP contribution in [0.1, 0.15) is 11.1 Å². The molecule has 2 rings (SSSR count). The molecule has 0 amide bonds. The van der Waals surface area contributed by atoms with Gasteiger partial charge in [-0.1, -0.05) is 0 Å². The predicted octanol–water partition coefficient (Wildman–Crippen LogP) is 2.06. The number of hydrogen-bond acceptors (Lipinski definition) is 2. The third kappa shape index (κ3) is 1.81. The summed E-state index contributed by atoms with van der Waals surface area (Å²) in [5.74, 6) is 4.77. The second kappa shape index (κ2) is 4.23. The number of hydrogen-bond donors (Lipinski definition) is 1. The zero-order valence-corrected chi connectivity index (χ0v) is 9.46. The van der Waals surface area contributed by atoms with Crippen molar-refractivity contribution in [1.82, 2.24) is 4.57 Å². The van der Waals surface area contributed by atoms with Gasteiger partial charge in [0.05, 0.1) is 12.1 Å². The van der Waals surface area contributed by atoms with Gasteiger partial charge in [-0.15, -0.1) is 0 Å². The van der Waals surface area contributed by atoms with Gasteiger partial charge in [0.2, 0.25) is 0 Å². The second-order valence-electron chi connectivity index (χ2n) is 4.02. The number of nitrogens with two attached hydrogens (primary N) is 1. The van der Waals surface area contributed by atoms with Crippen molar-refractivity contribution in [2.24, 2.45) is 12.9 Å². The minimum atomic E-state index is -0.194. The quantitative estimate of drug-likeness (QED) is 0.807. The molecule has 0 unspecified atom stereocenters. The minimum Gasteiger partial charge on any atom is -0.348 e. The van der Waals surface area contributed by atoms with E-state index in [0.717, 1.165) is 16.5 Å². The summed E-state index contributed by atoms with van der Waals surface area (Å²) in [6.45, 7) is 2.38. The number of fused-ring (bicyclic) bond motifs is 1. The normalized spacial score (nSPS) is 11.2. The summed E-state index contributed by atoms with van der Waals surface area (Å²) >= 11 is 0. The van der Waals surface area contributed by atoms with Gasteiger partial charge in [0.25, 0.3) is 0 Å². The fourth-order valence-corrected chi connectivity index (χ4v) is 2.06. The molecule has 86 valence electrons. The van der Waals surface area contributed by atoms with Crippen molar-refractivity contribution in [2.45, 2.75) is 13.3 Å². The predicted molar refractivity (Wildman–Crippen MR) is 61.5 cm³/mol. The fraction of sp³-hybridized carbons (Fsp3) is 0.333. The highest BCUT2D eigenvalue weighted by molar-refractivity contribution is 5.85. The Bertz CT molecular complexity index is 519. The average Bonchev–Trinajstić information content (AvgIpc) is 2.52. The Morgan fingerprint density at radius 2 is 2.19 bits per heavy atom. The molecular weight excluding hydrogens is 207 g/mol. The van der Waals surface area contributed by atoms with Crippen molar-refractivity contribution in [3.05, 3.63) is 35.3 Å². The van der Waals surface area contributed by atoms with E-state index < -0.39 is 0 Å². The van der Waals surface area contributed by atoms with E-state index >= 15 is 0 Å². The van der Waals surface area contributed by atoms with Crippen LogP contribution in [-0.2, 0) is 18.3 Å². The van der Waals surface area contributed by atoms with Crippen LogP contribution in [0.15, 0.2) is 18.3 Å². The van der Waals surface area contributed by atoms with Crippen LogP contribution in [0.3, 0.4) is 0 Å². The summed E-state index contributed by atoms with van der Waals surface area (Å²) in [6.07, 6.45) is 2.55. The van der Waals surface area contributed by atoms with Crippen LogP contribution >= 0.6 is 0 Å². The van der Waals surface area contributed by atoms with Crippen LogP contribution in [0, 0.1) is 12.7 Å². The summed E-state index contributed by atoms with van der Waals surface area (Å²) in [6, 6.07) is 3.54. The van der Waals surface area contributed by atoms with Crippen LogP contribution in [0.5, 0.6) is 0 Å². The van der Waals surface area contributed by atoms with Gasteiger partial charge >= 0.3 is 0 Å². The number of aryl methyl sites for hydroxylation is 2. The Morgan fingerprint density at radius 1 is 1.44 bits per heavy atom. The van der Waals surface area contributed by atoms with E-state index in [2.05, 4.69) is 4.84 Å². The van der Waals surface area contributed by atoms with Crippen molar-refractivity contribution >= 4 is 10.9 Å².